The fraction of sp³-hybridized carbons (Fsp3) is 0.714. The van der Waals surface area contributed by atoms with Gasteiger partial charge in [0.05, 0.1) is 18.5 Å². The number of hydrogen-bond acceptors (Lipinski definition) is 5. The molecule has 1 aliphatic heterocycles. The molecular weight excluding hydrogens is 445 g/mol. The molecule has 0 aliphatic carbocycles. The third-order valence-electron chi connectivity index (χ3n) is 3.96. The van der Waals surface area contributed by atoms with Crippen molar-refractivity contribution < 1.29 is 12.8 Å². The SMILES string of the molecule is CN=C(NCc1nc(C)c(C)o1)NC[C@H]1CCCN1S(C)(=O)=O.I. The standard InChI is InChI=1S/C14H25N5O3S.HI/c1-10-11(2)22-13(18-10)9-17-14(15-3)16-8-12-6-5-7-19(12)23(4,20)21;/h12H,5-9H2,1-4H3,(H2,15,16,17);1H/t12-;/m1./s1. The Hall–Kier alpha value is -0.880. The summed E-state index contributed by atoms with van der Waals surface area (Å²) >= 11 is 0. The monoisotopic (exact) mass is 471 g/mol. The van der Waals surface area contributed by atoms with E-state index in [1.165, 1.54) is 6.26 Å². The van der Waals surface area contributed by atoms with Crippen molar-refractivity contribution in [3.05, 3.63) is 17.3 Å². The second-order valence-corrected chi connectivity index (χ2v) is 7.66. The van der Waals surface area contributed by atoms with Crippen LogP contribution in [0, 0.1) is 13.8 Å². The van der Waals surface area contributed by atoms with Gasteiger partial charge in [-0.1, -0.05) is 0 Å². The molecule has 1 atom stereocenters. The smallest absolute Gasteiger partial charge is 0.214 e. The van der Waals surface area contributed by atoms with Crippen LogP contribution in [-0.4, -0.2) is 56.1 Å². The van der Waals surface area contributed by atoms with Crippen LogP contribution in [-0.2, 0) is 16.6 Å². The van der Waals surface area contributed by atoms with E-state index in [1.807, 2.05) is 13.8 Å². The molecule has 1 aromatic heterocycles. The molecule has 2 N–H and O–H groups in total. The molecule has 1 fully saturated rings. The largest absolute Gasteiger partial charge is 0.444 e. The van der Waals surface area contributed by atoms with Gasteiger partial charge in [0, 0.05) is 26.2 Å². The lowest BCUT2D eigenvalue weighted by atomic mass is 10.2. The minimum absolute atomic E-state index is 0. The van der Waals surface area contributed by atoms with Gasteiger partial charge in [0.2, 0.25) is 15.9 Å². The van der Waals surface area contributed by atoms with E-state index < -0.39 is 10.0 Å². The summed E-state index contributed by atoms with van der Waals surface area (Å²) in [6, 6.07) is -0.0326. The molecule has 0 bridgehead atoms. The number of nitrogens with one attached hydrogen (secondary N) is 2. The van der Waals surface area contributed by atoms with E-state index in [0.29, 0.717) is 31.5 Å². The Morgan fingerprint density at radius 1 is 1.42 bits per heavy atom. The molecule has 0 aromatic carbocycles. The van der Waals surface area contributed by atoms with E-state index in [9.17, 15) is 8.42 Å². The molecule has 2 rings (SSSR count). The normalized spacial score (nSPS) is 19.2. The van der Waals surface area contributed by atoms with Gasteiger partial charge in [0.1, 0.15) is 5.76 Å². The quantitative estimate of drug-likeness (QED) is 0.378. The van der Waals surface area contributed by atoms with Crippen LogP contribution in [0.1, 0.15) is 30.2 Å². The number of guanidine groups is 1. The van der Waals surface area contributed by atoms with Crippen molar-refractivity contribution in [1.29, 1.82) is 0 Å². The number of aliphatic imine (C=N–C) groups is 1. The van der Waals surface area contributed by atoms with E-state index >= 15 is 0 Å². The molecule has 10 heteroatoms. The number of hydrogen-bond donors (Lipinski definition) is 2. The molecule has 0 unspecified atom stereocenters. The van der Waals surface area contributed by atoms with E-state index in [1.54, 1.807) is 11.4 Å². The first kappa shape index (κ1) is 21.2. The Morgan fingerprint density at radius 2 is 2.12 bits per heavy atom. The maximum absolute atomic E-state index is 11.7. The lowest BCUT2D eigenvalue weighted by Gasteiger charge is -2.23. The molecule has 1 aromatic rings. The number of aryl methyl sites for hydroxylation is 2. The first-order chi connectivity index (χ1) is 10.8. The van der Waals surface area contributed by atoms with Crippen LogP contribution in [0.5, 0.6) is 0 Å². The highest BCUT2D eigenvalue weighted by atomic mass is 127. The topological polar surface area (TPSA) is 99.8 Å². The van der Waals surface area contributed by atoms with Gasteiger partial charge in [0.25, 0.3) is 0 Å². The van der Waals surface area contributed by atoms with Crippen molar-refractivity contribution in [3.8, 4) is 0 Å². The highest BCUT2D eigenvalue weighted by molar-refractivity contribution is 14.0. The number of rotatable bonds is 5. The average Bonchev–Trinajstić information content (AvgIpc) is 3.06. The van der Waals surface area contributed by atoms with Gasteiger partial charge >= 0.3 is 0 Å². The third kappa shape index (κ3) is 5.59. The molecule has 2 heterocycles. The zero-order valence-electron chi connectivity index (χ0n) is 14.5. The summed E-state index contributed by atoms with van der Waals surface area (Å²) in [5, 5.41) is 6.29. The van der Waals surface area contributed by atoms with Crippen molar-refractivity contribution >= 4 is 40.0 Å². The second-order valence-electron chi connectivity index (χ2n) is 5.73. The minimum Gasteiger partial charge on any atom is -0.444 e. The summed E-state index contributed by atoms with van der Waals surface area (Å²) in [6.45, 7) is 5.31. The van der Waals surface area contributed by atoms with Crippen molar-refractivity contribution in [2.75, 3.05) is 26.4 Å². The molecule has 0 radical (unpaired) electrons. The summed E-state index contributed by atoms with van der Waals surface area (Å²) in [5.74, 6) is 2.00. The Balaban J connectivity index is 0.00000288. The van der Waals surface area contributed by atoms with E-state index in [-0.39, 0.29) is 30.0 Å². The number of aromatic nitrogens is 1. The molecule has 24 heavy (non-hydrogen) atoms. The van der Waals surface area contributed by atoms with E-state index in [4.69, 9.17) is 4.42 Å². The van der Waals surface area contributed by atoms with Crippen LogP contribution in [0.4, 0.5) is 0 Å². The predicted molar refractivity (Wildman–Crippen MR) is 104 cm³/mol. The first-order valence-corrected chi connectivity index (χ1v) is 9.50. The minimum atomic E-state index is -3.16. The number of sulfonamides is 1. The summed E-state index contributed by atoms with van der Waals surface area (Å²) in [6.07, 6.45) is 3.00. The number of nitrogens with zero attached hydrogens (tertiary/aromatic N) is 3. The van der Waals surface area contributed by atoms with Crippen molar-refractivity contribution in [3.63, 3.8) is 0 Å². The number of halogens is 1. The first-order valence-electron chi connectivity index (χ1n) is 7.65. The van der Waals surface area contributed by atoms with Crippen LogP contribution >= 0.6 is 24.0 Å². The molecule has 1 aliphatic rings. The second kappa shape index (κ2) is 8.99. The lowest BCUT2D eigenvalue weighted by molar-refractivity contribution is 0.387. The van der Waals surface area contributed by atoms with Gasteiger partial charge < -0.3 is 15.1 Å². The maximum atomic E-state index is 11.7. The maximum Gasteiger partial charge on any atom is 0.214 e. The molecule has 0 spiro atoms. The van der Waals surface area contributed by atoms with Crippen molar-refractivity contribution in [2.45, 2.75) is 39.3 Å². The zero-order valence-corrected chi connectivity index (χ0v) is 17.6. The fourth-order valence-electron chi connectivity index (χ4n) is 2.66. The third-order valence-corrected chi connectivity index (χ3v) is 5.29. The number of oxazole rings is 1. The van der Waals surface area contributed by atoms with Crippen LogP contribution < -0.4 is 10.6 Å². The summed E-state index contributed by atoms with van der Waals surface area (Å²) < 4.78 is 30.5. The molecule has 0 amide bonds. The van der Waals surface area contributed by atoms with Gasteiger partial charge in [-0.25, -0.2) is 13.4 Å². The van der Waals surface area contributed by atoms with Crippen molar-refractivity contribution in [2.24, 2.45) is 4.99 Å². The van der Waals surface area contributed by atoms with E-state index in [0.717, 1.165) is 24.3 Å². The van der Waals surface area contributed by atoms with Gasteiger partial charge in [-0.2, -0.15) is 4.31 Å². The van der Waals surface area contributed by atoms with Crippen molar-refractivity contribution in [1.82, 2.24) is 19.9 Å². The van der Waals surface area contributed by atoms with Gasteiger partial charge in [0.15, 0.2) is 5.96 Å². The fourth-order valence-corrected chi connectivity index (χ4v) is 3.84. The van der Waals surface area contributed by atoms with Gasteiger partial charge in [-0.05, 0) is 26.7 Å². The van der Waals surface area contributed by atoms with E-state index in [2.05, 4.69) is 20.6 Å². The highest BCUT2D eigenvalue weighted by Gasteiger charge is 2.31. The molecule has 138 valence electrons. The Labute approximate surface area is 160 Å². The lowest BCUT2D eigenvalue weighted by Crippen LogP contribution is -2.46. The molecule has 8 nitrogen and oxygen atoms in total. The Bertz CT molecular complexity index is 654. The predicted octanol–water partition coefficient (Wildman–Crippen LogP) is 0.998. The van der Waals surface area contributed by atoms with Crippen LogP contribution in [0.3, 0.4) is 0 Å². The highest BCUT2D eigenvalue weighted by Crippen LogP contribution is 2.19. The van der Waals surface area contributed by atoms with Crippen LogP contribution in [0.25, 0.3) is 0 Å². The summed E-state index contributed by atoms with van der Waals surface area (Å²) in [5.41, 5.74) is 0.875. The van der Waals surface area contributed by atoms with Gasteiger partial charge in [-0.15, -0.1) is 24.0 Å². The van der Waals surface area contributed by atoms with Crippen LogP contribution in [0.15, 0.2) is 9.41 Å². The summed E-state index contributed by atoms with van der Waals surface area (Å²) in [4.78, 5) is 8.44. The Morgan fingerprint density at radius 3 is 2.67 bits per heavy atom. The molecule has 1 saturated heterocycles. The van der Waals surface area contributed by atoms with Gasteiger partial charge in [-0.3, -0.25) is 4.99 Å². The van der Waals surface area contributed by atoms with Crippen LogP contribution in [0.2, 0.25) is 0 Å². The summed E-state index contributed by atoms with van der Waals surface area (Å²) in [7, 11) is -1.48. The average molecular weight is 471 g/mol. The molecular formula is C14H26IN5O3S. The Kier molecular flexibility index (Phi) is 7.93. The molecule has 0 saturated carbocycles. The zero-order chi connectivity index (χ0) is 17.0.